The maximum Gasteiger partial charge on any atom is 0.336 e. The van der Waals surface area contributed by atoms with Crippen molar-refractivity contribution < 1.29 is 24.2 Å². The van der Waals surface area contributed by atoms with E-state index in [1.807, 2.05) is 0 Å². The normalized spacial score (nSPS) is 11.5. The van der Waals surface area contributed by atoms with Crippen LogP contribution >= 0.6 is 11.8 Å². The van der Waals surface area contributed by atoms with Gasteiger partial charge in [0, 0.05) is 16.6 Å². The van der Waals surface area contributed by atoms with Gasteiger partial charge in [0.15, 0.2) is 11.5 Å². The molecular formula is C18H19NO5S. The lowest BCUT2D eigenvalue weighted by Gasteiger charge is -2.14. The molecule has 2 rings (SSSR count). The maximum atomic E-state index is 12.4. The lowest BCUT2D eigenvalue weighted by molar-refractivity contribution is -0.115. The molecule has 2 N–H and O–H groups in total. The molecule has 0 aliphatic carbocycles. The lowest BCUT2D eigenvalue weighted by atomic mass is 10.2. The number of carbonyl (C=O) groups excluding carboxylic acids is 1. The van der Waals surface area contributed by atoms with E-state index in [2.05, 4.69) is 5.32 Å². The Kier molecular flexibility index (Phi) is 6.30. The number of hydrogen-bond acceptors (Lipinski definition) is 5. The molecule has 132 valence electrons. The largest absolute Gasteiger partial charge is 0.493 e. The van der Waals surface area contributed by atoms with Crippen LogP contribution < -0.4 is 14.8 Å². The van der Waals surface area contributed by atoms with Gasteiger partial charge in [-0.3, -0.25) is 4.79 Å². The molecule has 0 spiro atoms. The van der Waals surface area contributed by atoms with Crippen molar-refractivity contribution >= 4 is 29.3 Å². The predicted molar refractivity (Wildman–Crippen MR) is 96.9 cm³/mol. The van der Waals surface area contributed by atoms with Crippen molar-refractivity contribution in [3.63, 3.8) is 0 Å². The Morgan fingerprint density at radius 2 is 1.76 bits per heavy atom. The van der Waals surface area contributed by atoms with Gasteiger partial charge in [0.25, 0.3) is 0 Å². The highest BCUT2D eigenvalue weighted by molar-refractivity contribution is 8.00. The molecular weight excluding hydrogens is 342 g/mol. The van der Waals surface area contributed by atoms with Crippen LogP contribution in [0.1, 0.15) is 17.3 Å². The molecule has 0 aliphatic rings. The monoisotopic (exact) mass is 361 g/mol. The summed E-state index contributed by atoms with van der Waals surface area (Å²) in [6, 6.07) is 11.7. The van der Waals surface area contributed by atoms with Crippen LogP contribution in [0, 0.1) is 0 Å². The molecule has 7 heteroatoms. The van der Waals surface area contributed by atoms with Crippen LogP contribution in [0.4, 0.5) is 5.69 Å². The SMILES string of the molecule is COc1ccc(NC(=O)[C@@H](C)Sc2ccccc2C(=O)O)cc1OC. The van der Waals surface area contributed by atoms with Gasteiger partial charge in [-0.25, -0.2) is 4.79 Å². The van der Waals surface area contributed by atoms with E-state index in [1.165, 1.54) is 32.0 Å². The number of hydrogen-bond donors (Lipinski definition) is 2. The Bertz CT molecular complexity index is 778. The van der Waals surface area contributed by atoms with Gasteiger partial charge in [-0.1, -0.05) is 12.1 Å². The van der Waals surface area contributed by atoms with E-state index in [9.17, 15) is 14.7 Å². The quantitative estimate of drug-likeness (QED) is 0.734. The second-order valence-electron chi connectivity index (χ2n) is 5.12. The van der Waals surface area contributed by atoms with Crippen LogP contribution in [0.5, 0.6) is 11.5 Å². The number of carboxylic acid groups (broad SMARTS) is 1. The minimum atomic E-state index is -1.02. The second-order valence-corrected chi connectivity index (χ2v) is 6.50. The van der Waals surface area contributed by atoms with Gasteiger partial charge in [0.1, 0.15) is 0 Å². The number of anilines is 1. The molecule has 0 saturated carbocycles. The van der Waals surface area contributed by atoms with Crippen LogP contribution in [0.15, 0.2) is 47.4 Å². The van der Waals surface area contributed by atoms with Gasteiger partial charge >= 0.3 is 5.97 Å². The molecule has 0 radical (unpaired) electrons. The average Bonchev–Trinajstić information content (AvgIpc) is 2.61. The number of aromatic carboxylic acids is 1. The van der Waals surface area contributed by atoms with Crippen molar-refractivity contribution in [3.8, 4) is 11.5 Å². The molecule has 0 aliphatic heterocycles. The van der Waals surface area contributed by atoms with Gasteiger partial charge < -0.3 is 19.9 Å². The number of amides is 1. The summed E-state index contributed by atoms with van der Waals surface area (Å²) in [5.74, 6) is -0.178. The van der Waals surface area contributed by atoms with Crippen LogP contribution in [-0.2, 0) is 4.79 Å². The molecule has 0 unspecified atom stereocenters. The topological polar surface area (TPSA) is 84.9 Å². The third-order valence-corrected chi connectivity index (χ3v) is 4.62. The first-order chi connectivity index (χ1) is 12.0. The number of carboxylic acids is 1. The van der Waals surface area contributed by atoms with Crippen molar-refractivity contribution in [3.05, 3.63) is 48.0 Å². The maximum absolute atomic E-state index is 12.4. The van der Waals surface area contributed by atoms with E-state index in [0.717, 1.165) is 0 Å². The fourth-order valence-corrected chi connectivity index (χ4v) is 3.13. The highest BCUT2D eigenvalue weighted by Gasteiger charge is 2.19. The fourth-order valence-electron chi connectivity index (χ4n) is 2.15. The van der Waals surface area contributed by atoms with Crippen molar-refractivity contribution in [1.29, 1.82) is 0 Å². The molecule has 0 fully saturated rings. The van der Waals surface area contributed by atoms with Crippen LogP contribution in [0.3, 0.4) is 0 Å². The van der Waals surface area contributed by atoms with E-state index in [1.54, 1.807) is 43.3 Å². The number of thioether (sulfide) groups is 1. The van der Waals surface area contributed by atoms with Crippen LogP contribution in [-0.4, -0.2) is 36.5 Å². The Balaban J connectivity index is 2.10. The lowest BCUT2D eigenvalue weighted by Crippen LogP contribution is -2.22. The minimum Gasteiger partial charge on any atom is -0.493 e. The number of benzene rings is 2. The molecule has 2 aromatic rings. The first-order valence-corrected chi connectivity index (χ1v) is 8.36. The molecule has 6 nitrogen and oxygen atoms in total. The molecule has 0 saturated heterocycles. The van der Waals surface area contributed by atoms with Gasteiger partial charge in [-0.2, -0.15) is 0 Å². The summed E-state index contributed by atoms with van der Waals surface area (Å²) in [5.41, 5.74) is 0.750. The van der Waals surface area contributed by atoms with Crippen molar-refractivity contribution in [2.45, 2.75) is 17.1 Å². The zero-order chi connectivity index (χ0) is 18.4. The first kappa shape index (κ1) is 18.7. The van der Waals surface area contributed by atoms with E-state index in [0.29, 0.717) is 22.1 Å². The van der Waals surface area contributed by atoms with E-state index in [4.69, 9.17) is 9.47 Å². The third-order valence-electron chi connectivity index (χ3n) is 3.44. The van der Waals surface area contributed by atoms with Crippen molar-refractivity contribution in [2.24, 2.45) is 0 Å². The number of methoxy groups -OCH3 is 2. The molecule has 0 aromatic heterocycles. The van der Waals surface area contributed by atoms with Gasteiger partial charge in [0.2, 0.25) is 5.91 Å². The summed E-state index contributed by atoms with van der Waals surface area (Å²) in [6.45, 7) is 1.72. The van der Waals surface area contributed by atoms with Gasteiger partial charge in [-0.15, -0.1) is 11.8 Å². The Morgan fingerprint density at radius 1 is 1.08 bits per heavy atom. The Morgan fingerprint density at radius 3 is 2.40 bits per heavy atom. The number of nitrogens with one attached hydrogen (secondary N) is 1. The molecule has 25 heavy (non-hydrogen) atoms. The summed E-state index contributed by atoms with van der Waals surface area (Å²) in [5, 5.41) is 11.5. The fraction of sp³-hybridized carbons (Fsp3) is 0.222. The highest BCUT2D eigenvalue weighted by atomic mass is 32.2. The zero-order valence-electron chi connectivity index (χ0n) is 14.1. The standard InChI is InChI=1S/C18H19NO5S/c1-11(25-16-7-5-4-6-13(16)18(21)22)17(20)19-12-8-9-14(23-2)15(10-12)24-3/h4-11H,1-3H3,(H,19,20)(H,21,22)/t11-/m1/s1. The molecule has 1 amide bonds. The highest BCUT2D eigenvalue weighted by Crippen LogP contribution is 2.31. The van der Waals surface area contributed by atoms with Crippen LogP contribution in [0.2, 0.25) is 0 Å². The van der Waals surface area contributed by atoms with E-state index < -0.39 is 11.2 Å². The second kappa shape index (κ2) is 8.43. The third kappa shape index (κ3) is 4.67. The molecule has 2 aromatic carbocycles. The summed E-state index contributed by atoms with van der Waals surface area (Å²) >= 11 is 1.19. The minimum absolute atomic E-state index is 0.179. The number of rotatable bonds is 7. The number of ether oxygens (including phenoxy) is 2. The predicted octanol–water partition coefficient (Wildman–Crippen LogP) is 3.52. The Hall–Kier alpha value is -2.67. The average molecular weight is 361 g/mol. The first-order valence-electron chi connectivity index (χ1n) is 7.48. The summed E-state index contributed by atoms with van der Waals surface area (Å²) < 4.78 is 10.4. The van der Waals surface area contributed by atoms with Gasteiger partial charge in [0.05, 0.1) is 25.0 Å². The zero-order valence-corrected chi connectivity index (χ0v) is 14.9. The molecule has 0 bridgehead atoms. The van der Waals surface area contributed by atoms with Crippen molar-refractivity contribution in [1.82, 2.24) is 0 Å². The van der Waals surface area contributed by atoms with Crippen LogP contribution in [0.25, 0.3) is 0 Å². The Labute approximate surface area is 150 Å². The summed E-state index contributed by atoms with van der Waals surface area (Å²) in [4.78, 5) is 24.2. The molecule has 1 atom stereocenters. The number of carbonyl (C=O) groups is 2. The summed E-state index contributed by atoms with van der Waals surface area (Å²) in [7, 11) is 3.06. The smallest absolute Gasteiger partial charge is 0.336 e. The van der Waals surface area contributed by atoms with Crippen molar-refractivity contribution in [2.75, 3.05) is 19.5 Å². The summed E-state index contributed by atoms with van der Waals surface area (Å²) in [6.07, 6.45) is 0. The van der Waals surface area contributed by atoms with E-state index in [-0.39, 0.29) is 11.5 Å². The van der Waals surface area contributed by atoms with E-state index >= 15 is 0 Å². The van der Waals surface area contributed by atoms with Gasteiger partial charge in [-0.05, 0) is 31.2 Å². The molecule has 0 heterocycles.